The maximum Gasteiger partial charge on any atom is 0.116 e. The molecule has 0 aliphatic heterocycles. The van der Waals surface area contributed by atoms with Gasteiger partial charge in [-0.3, -0.25) is 0 Å². The third-order valence-corrected chi connectivity index (χ3v) is 1.12. The lowest BCUT2D eigenvalue weighted by Crippen LogP contribution is -1.90. The van der Waals surface area contributed by atoms with Crippen LogP contribution in [0.15, 0.2) is 19.1 Å². The van der Waals surface area contributed by atoms with E-state index in [0.717, 1.165) is 0 Å². The first-order valence-corrected chi connectivity index (χ1v) is 2.81. The third kappa shape index (κ3) is 1.07. The van der Waals surface area contributed by atoms with Crippen molar-refractivity contribution in [3.63, 3.8) is 0 Å². The van der Waals surface area contributed by atoms with Crippen molar-refractivity contribution in [3.8, 4) is 0 Å². The van der Waals surface area contributed by atoms with Crippen molar-refractivity contribution >= 4 is 12.3 Å². The average Bonchev–Trinajstić information content (AvgIpc) is 2.04. The van der Waals surface area contributed by atoms with E-state index in [4.69, 9.17) is 5.41 Å². The lowest BCUT2D eigenvalue weighted by molar-refractivity contribution is 1.14. The Morgan fingerprint density at radius 2 is 2.40 bits per heavy atom. The molecule has 0 bridgehead atoms. The minimum Gasteiger partial charge on any atom is -0.308 e. The van der Waals surface area contributed by atoms with E-state index >= 15 is 0 Å². The number of nitrogens with one attached hydrogen (secondary N) is 1. The van der Waals surface area contributed by atoms with E-state index < -0.39 is 0 Å². The Morgan fingerprint density at radius 3 is 2.90 bits per heavy atom. The predicted octanol–water partition coefficient (Wildman–Crippen LogP) is 1.12. The first kappa shape index (κ1) is 6.61. The van der Waals surface area contributed by atoms with Crippen molar-refractivity contribution in [2.75, 3.05) is 0 Å². The fraction of sp³-hybridized carbons (Fsp3) is 0. The van der Waals surface area contributed by atoms with Crippen LogP contribution in [-0.2, 0) is 0 Å². The van der Waals surface area contributed by atoms with Gasteiger partial charge in [0, 0.05) is 18.0 Å². The quantitative estimate of drug-likeness (QED) is 0.614. The molecule has 0 aliphatic rings. The van der Waals surface area contributed by atoms with Gasteiger partial charge in [-0.1, -0.05) is 6.58 Å². The second kappa shape index (κ2) is 2.87. The van der Waals surface area contributed by atoms with Crippen molar-refractivity contribution < 1.29 is 0 Å². The molecule has 1 rings (SSSR count). The van der Waals surface area contributed by atoms with Gasteiger partial charge in [-0.25, -0.2) is 9.97 Å². The molecule has 1 N–H and O–H groups in total. The Kier molecular flexibility index (Phi) is 1.89. The zero-order valence-corrected chi connectivity index (χ0v) is 5.41. The molecule has 0 radical (unpaired) electrons. The molecular formula is C7H7N3. The van der Waals surface area contributed by atoms with E-state index in [0.29, 0.717) is 11.3 Å². The molecule has 0 spiro atoms. The Balaban J connectivity index is 3.20. The molecule has 0 atom stereocenters. The number of rotatable bonds is 2. The largest absolute Gasteiger partial charge is 0.308 e. The van der Waals surface area contributed by atoms with Gasteiger partial charge < -0.3 is 5.41 Å². The molecule has 0 aromatic carbocycles. The smallest absolute Gasteiger partial charge is 0.116 e. The summed E-state index contributed by atoms with van der Waals surface area (Å²) in [4.78, 5) is 7.64. The topological polar surface area (TPSA) is 49.6 Å². The van der Waals surface area contributed by atoms with Gasteiger partial charge in [-0.2, -0.15) is 0 Å². The molecule has 1 heterocycles. The highest BCUT2D eigenvalue weighted by molar-refractivity contribution is 5.81. The molecule has 0 fully saturated rings. The number of hydrogen-bond acceptors (Lipinski definition) is 3. The minimum absolute atomic E-state index is 0.692. The average molecular weight is 133 g/mol. The third-order valence-electron chi connectivity index (χ3n) is 1.12. The number of aromatic nitrogens is 2. The molecule has 0 aliphatic carbocycles. The van der Waals surface area contributed by atoms with Gasteiger partial charge in [-0.15, -0.1) is 0 Å². The summed E-state index contributed by atoms with van der Waals surface area (Å²) in [6.45, 7) is 3.55. The molecule has 0 unspecified atom stereocenters. The summed E-state index contributed by atoms with van der Waals surface area (Å²) in [5.74, 6) is 0. The van der Waals surface area contributed by atoms with Crippen molar-refractivity contribution in [1.82, 2.24) is 9.97 Å². The zero-order valence-electron chi connectivity index (χ0n) is 5.41. The van der Waals surface area contributed by atoms with Gasteiger partial charge in [0.25, 0.3) is 0 Å². The van der Waals surface area contributed by atoms with E-state index in [2.05, 4.69) is 16.5 Å². The van der Waals surface area contributed by atoms with Crippen LogP contribution in [0.25, 0.3) is 6.08 Å². The SMILES string of the molecule is C=Cc1ncncc1C=N. The Labute approximate surface area is 59.0 Å². The van der Waals surface area contributed by atoms with Crippen LogP contribution in [0.4, 0.5) is 0 Å². The van der Waals surface area contributed by atoms with Crippen molar-refractivity contribution in [2.45, 2.75) is 0 Å². The standard InChI is InChI=1S/C7H7N3/c1-2-7-6(3-8)4-9-5-10-7/h2-5,8H,1H2. The summed E-state index contributed by atoms with van der Waals surface area (Å²) < 4.78 is 0. The van der Waals surface area contributed by atoms with Crippen LogP contribution < -0.4 is 0 Å². The van der Waals surface area contributed by atoms with E-state index in [1.807, 2.05) is 0 Å². The van der Waals surface area contributed by atoms with Gasteiger partial charge in [-0.05, 0) is 6.08 Å². The highest BCUT2D eigenvalue weighted by Gasteiger charge is 1.93. The molecule has 0 amide bonds. The zero-order chi connectivity index (χ0) is 7.40. The molecule has 0 saturated carbocycles. The maximum atomic E-state index is 6.94. The number of nitrogens with zero attached hydrogens (tertiary/aromatic N) is 2. The highest BCUT2D eigenvalue weighted by Crippen LogP contribution is 1.99. The second-order valence-corrected chi connectivity index (χ2v) is 1.71. The minimum atomic E-state index is 0.692. The van der Waals surface area contributed by atoms with E-state index in [-0.39, 0.29) is 0 Å². The lowest BCUT2D eigenvalue weighted by Gasteiger charge is -1.93. The van der Waals surface area contributed by atoms with Gasteiger partial charge >= 0.3 is 0 Å². The van der Waals surface area contributed by atoms with E-state index in [1.165, 1.54) is 12.5 Å². The van der Waals surface area contributed by atoms with Gasteiger partial charge in [0.15, 0.2) is 0 Å². The Hall–Kier alpha value is -1.51. The molecule has 1 aromatic rings. The van der Waals surface area contributed by atoms with E-state index in [1.54, 1.807) is 12.3 Å². The second-order valence-electron chi connectivity index (χ2n) is 1.71. The molecule has 1 aromatic heterocycles. The van der Waals surface area contributed by atoms with Crippen LogP contribution in [0.2, 0.25) is 0 Å². The molecular weight excluding hydrogens is 126 g/mol. The maximum absolute atomic E-state index is 6.94. The van der Waals surface area contributed by atoms with Gasteiger partial charge in [0.05, 0.1) is 5.69 Å². The fourth-order valence-electron chi connectivity index (χ4n) is 0.632. The summed E-state index contributed by atoms with van der Waals surface area (Å²) in [5, 5.41) is 6.94. The Morgan fingerprint density at radius 1 is 1.60 bits per heavy atom. The summed E-state index contributed by atoms with van der Waals surface area (Å²) >= 11 is 0. The first-order chi connectivity index (χ1) is 4.88. The predicted molar refractivity (Wildman–Crippen MR) is 40.0 cm³/mol. The summed E-state index contributed by atoms with van der Waals surface area (Å²) in [6.07, 6.45) is 5.82. The van der Waals surface area contributed by atoms with Crippen LogP contribution in [0.5, 0.6) is 0 Å². The van der Waals surface area contributed by atoms with E-state index in [9.17, 15) is 0 Å². The van der Waals surface area contributed by atoms with Crippen LogP contribution in [0.1, 0.15) is 11.3 Å². The number of hydrogen-bond donors (Lipinski definition) is 1. The molecule has 50 valence electrons. The Bertz CT molecular complexity index is 228. The van der Waals surface area contributed by atoms with Gasteiger partial charge in [0.2, 0.25) is 0 Å². The van der Waals surface area contributed by atoms with Crippen molar-refractivity contribution in [3.05, 3.63) is 30.4 Å². The van der Waals surface area contributed by atoms with Crippen molar-refractivity contribution in [1.29, 1.82) is 5.41 Å². The molecule has 10 heavy (non-hydrogen) atoms. The molecule has 3 heteroatoms. The van der Waals surface area contributed by atoms with Crippen LogP contribution >= 0.6 is 0 Å². The first-order valence-electron chi connectivity index (χ1n) is 2.81. The van der Waals surface area contributed by atoms with Crippen LogP contribution in [0.3, 0.4) is 0 Å². The monoisotopic (exact) mass is 133 g/mol. The normalized spacial score (nSPS) is 8.80. The van der Waals surface area contributed by atoms with Crippen molar-refractivity contribution in [2.24, 2.45) is 0 Å². The molecule has 0 saturated heterocycles. The summed E-state index contributed by atoms with van der Waals surface area (Å²) in [6, 6.07) is 0. The summed E-state index contributed by atoms with van der Waals surface area (Å²) in [5.41, 5.74) is 1.39. The van der Waals surface area contributed by atoms with Crippen LogP contribution in [0, 0.1) is 5.41 Å². The lowest BCUT2D eigenvalue weighted by atomic mass is 10.2. The van der Waals surface area contributed by atoms with Crippen LogP contribution in [-0.4, -0.2) is 16.2 Å². The fourth-order valence-corrected chi connectivity index (χ4v) is 0.632. The summed E-state index contributed by atoms with van der Waals surface area (Å²) in [7, 11) is 0. The molecule has 3 nitrogen and oxygen atoms in total. The highest BCUT2D eigenvalue weighted by atomic mass is 14.8. The van der Waals surface area contributed by atoms with Gasteiger partial charge in [0.1, 0.15) is 6.33 Å².